The molecule has 0 bridgehead atoms. The summed E-state index contributed by atoms with van der Waals surface area (Å²) in [5, 5.41) is 7.90. The minimum Gasteiger partial charge on any atom is -0.349 e. The molecule has 2 aliphatic heterocycles. The van der Waals surface area contributed by atoms with Gasteiger partial charge in [-0.1, -0.05) is 0 Å². The molecule has 1 atom stereocenters. The average Bonchev–Trinajstić information content (AvgIpc) is 2.81. The van der Waals surface area contributed by atoms with E-state index < -0.39 is 0 Å². The third kappa shape index (κ3) is 2.20. The van der Waals surface area contributed by atoms with Crippen molar-refractivity contribution in [2.45, 2.75) is 45.1 Å². The molecule has 0 aliphatic carbocycles. The third-order valence-electron chi connectivity index (χ3n) is 3.65. The molecule has 1 N–H and O–H groups in total. The highest BCUT2D eigenvalue weighted by molar-refractivity contribution is 5.88. The first kappa shape index (κ1) is 11.4. The van der Waals surface area contributed by atoms with Crippen LogP contribution in [0.5, 0.6) is 0 Å². The van der Waals surface area contributed by atoms with Crippen molar-refractivity contribution in [1.82, 2.24) is 9.80 Å². The van der Waals surface area contributed by atoms with Gasteiger partial charge in [-0.25, -0.2) is 0 Å². The van der Waals surface area contributed by atoms with Crippen molar-refractivity contribution >= 4 is 11.7 Å². The predicted octanol–water partition coefficient (Wildman–Crippen LogP) is 1.46. The highest BCUT2D eigenvalue weighted by atomic mass is 16.2. The molecule has 2 saturated heterocycles. The fraction of sp³-hybridized carbons (Fsp3) is 0.833. The van der Waals surface area contributed by atoms with Gasteiger partial charge in [0.05, 0.1) is 5.84 Å². The summed E-state index contributed by atoms with van der Waals surface area (Å²) in [6.45, 7) is 4.63. The Morgan fingerprint density at radius 3 is 2.44 bits per heavy atom. The normalized spacial score (nSPS) is 23.7. The Morgan fingerprint density at radius 1 is 1.19 bits per heavy atom. The van der Waals surface area contributed by atoms with Crippen molar-refractivity contribution in [3.63, 3.8) is 0 Å². The van der Waals surface area contributed by atoms with Crippen molar-refractivity contribution in [2.24, 2.45) is 0 Å². The van der Waals surface area contributed by atoms with Crippen LogP contribution in [0.2, 0.25) is 0 Å². The summed E-state index contributed by atoms with van der Waals surface area (Å²) >= 11 is 0. The highest BCUT2D eigenvalue weighted by Gasteiger charge is 2.29. The zero-order chi connectivity index (χ0) is 11.5. The van der Waals surface area contributed by atoms with Crippen LogP contribution < -0.4 is 0 Å². The van der Waals surface area contributed by atoms with Crippen LogP contribution in [0.1, 0.15) is 39.0 Å². The van der Waals surface area contributed by atoms with Gasteiger partial charge in [0.25, 0.3) is 0 Å². The molecule has 1 unspecified atom stereocenters. The van der Waals surface area contributed by atoms with E-state index in [1.807, 2.05) is 16.7 Å². The van der Waals surface area contributed by atoms with E-state index in [4.69, 9.17) is 5.41 Å². The molecule has 90 valence electrons. The van der Waals surface area contributed by atoms with Crippen LogP contribution >= 0.6 is 0 Å². The number of hydrogen-bond donors (Lipinski definition) is 1. The molecule has 2 fully saturated rings. The van der Waals surface area contributed by atoms with Gasteiger partial charge >= 0.3 is 0 Å². The van der Waals surface area contributed by atoms with Crippen LogP contribution in [0.3, 0.4) is 0 Å². The van der Waals surface area contributed by atoms with Gasteiger partial charge in [-0.15, -0.1) is 0 Å². The van der Waals surface area contributed by atoms with E-state index in [-0.39, 0.29) is 11.9 Å². The lowest BCUT2D eigenvalue weighted by atomic mass is 10.1. The van der Waals surface area contributed by atoms with Gasteiger partial charge in [-0.2, -0.15) is 0 Å². The summed E-state index contributed by atoms with van der Waals surface area (Å²) in [6, 6.07) is -0.133. The molecule has 0 aromatic carbocycles. The lowest BCUT2D eigenvalue weighted by Crippen LogP contribution is -2.50. The smallest absolute Gasteiger partial charge is 0.245 e. The van der Waals surface area contributed by atoms with Gasteiger partial charge in [-0.3, -0.25) is 10.2 Å². The zero-order valence-corrected chi connectivity index (χ0v) is 10.0. The van der Waals surface area contributed by atoms with Crippen molar-refractivity contribution in [1.29, 1.82) is 5.41 Å². The van der Waals surface area contributed by atoms with E-state index in [1.54, 1.807) is 0 Å². The number of nitrogens with zero attached hydrogens (tertiary/aromatic N) is 2. The molecule has 0 aromatic rings. The molecule has 2 rings (SSSR count). The molecule has 16 heavy (non-hydrogen) atoms. The van der Waals surface area contributed by atoms with Crippen LogP contribution in [-0.2, 0) is 4.79 Å². The first-order chi connectivity index (χ1) is 7.70. The molecular weight excluding hydrogens is 202 g/mol. The summed E-state index contributed by atoms with van der Waals surface area (Å²) in [6.07, 6.45) is 5.31. The Kier molecular flexibility index (Phi) is 3.46. The summed E-state index contributed by atoms with van der Waals surface area (Å²) in [4.78, 5) is 16.1. The molecule has 4 nitrogen and oxygen atoms in total. The van der Waals surface area contributed by atoms with Crippen molar-refractivity contribution in [2.75, 3.05) is 19.6 Å². The van der Waals surface area contributed by atoms with Crippen LogP contribution in [0.15, 0.2) is 0 Å². The van der Waals surface area contributed by atoms with Crippen LogP contribution in [0.25, 0.3) is 0 Å². The van der Waals surface area contributed by atoms with Gasteiger partial charge in [0.2, 0.25) is 5.91 Å². The summed E-state index contributed by atoms with van der Waals surface area (Å²) < 4.78 is 0. The minimum atomic E-state index is -0.133. The number of rotatable bonds is 2. The summed E-state index contributed by atoms with van der Waals surface area (Å²) in [7, 11) is 0. The number of carbonyl (C=O) groups is 1. The Labute approximate surface area is 97.1 Å². The first-order valence-corrected chi connectivity index (χ1v) is 6.33. The Bertz CT molecular complexity index is 284. The van der Waals surface area contributed by atoms with Crippen molar-refractivity contribution < 1.29 is 4.79 Å². The summed E-state index contributed by atoms with van der Waals surface area (Å²) in [5.74, 6) is 0.857. The molecule has 2 heterocycles. The van der Waals surface area contributed by atoms with Gasteiger partial charge < -0.3 is 9.80 Å². The topological polar surface area (TPSA) is 47.4 Å². The lowest BCUT2D eigenvalue weighted by Gasteiger charge is -2.35. The predicted molar refractivity (Wildman–Crippen MR) is 63.6 cm³/mol. The monoisotopic (exact) mass is 223 g/mol. The lowest BCUT2D eigenvalue weighted by molar-refractivity contribution is -0.134. The van der Waals surface area contributed by atoms with Gasteiger partial charge in [0, 0.05) is 26.1 Å². The molecule has 0 spiro atoms. The van der Waals surface area contributed by atoms with Crippen molar-refractivity contribution in [3.8, 4) is 0 Å². The number of carbonyl (C=O) groups excluding carboxylic acids is 1. The minimum absolute atomic E-state index is 0.133. The third-order valence-corrected chi connectivity index (χ3v) is 3.65. The van der Waals surface area contributed by atoms with Gasteiger partial charge in [0.1, 0.15) is 6.04 Å². The second-order valence-electron chi connectivity index (χ2n) is 4.81. The zero-order valence-electron chi connectivity index (χ0n) is 10.0. The second-order valence-corrected chi connectivity index (χ2v) is 4.81. The van der Waals surface area contributed by atoms with Crippen LogP contribution in [-0.4, -0.2) is 47.2 Å². The molecule has 1 amide bonds. The quantitative estimate of drug-likeness (QED) is 0.770. The van der Waals surface area contributed by atoms with Crippen molar-refractivity contribution in [3.05, 3.63) is 0 Å². The molecule has 0 radical (unpaired) electrons. The standard InChI is InChI=1S/C12H21N3O/c1-10(12(16)14-7-4-5-8-14)15-9-3-2-6-11(15)13/h10,13H,2-9H2,1H3. The van der Waals surface area contributed by atoms with Gasteiger partial charge in [-0.05, 0) is 32.6 Å². The SMILES string of the molecule is CC(C(=O)N1CCCC1)N1CCCCC1=N. The Hall–Kier alpha value is -1.06. The number of nitrogens with one attached hydrogen (secondary N) is 1. The molecule has 4 heteroatoms. The fourth-order valence-electron chi connectivity index (χ4n) is 2.62. The molecule has 0 saturated carbocycles. The average molecular weight is 223 g/mol. The Balaban J connectivity index is 1.96. The maximum atomic E-state index is 12.2. The number of piperidine rings is 1. The van der Waals surface area contributed by atoms with E-state index in [2.05, 4.69) is 0 Å². The highest BCUT2D eigenvalue weighted by Crippen LogP contribution is 2.17. The Morgan fingerprint density at radius 2 is 1.81 bits per heavy atom. The summed E-state index contributed by atoms with van der Waals surface area (Å²) in [5.41, 5.74) is 0. The van der Waals surface area contributed by atoms with E-state index in [0.717, 1.165) is 51.7 Å². The van der Waals surface area contributed by atoms with E-state index in [1.165, 1.54) is 0 Å². The second kappa shape index (κ2) is 4.85. The largest absolute Gasteiger partial charge is 0.349 e. The number of amides is 1. The van der Waals surface area contributed by atoms with E-state index >= 15 is 0 Å². The molecular formula is C12H21N3O. The van der Waals surface area contributed by atoms with Crippen LogP contribution in [0.4, 0.5) is 0 Å². The number of hydrogen-bond acceptors (Lipinski definition) is 2. The fourth-order valence-corrected chi connectivity index (χ4v) is 2.62. The van der Waals surface area contributed by atoms with Gasteiger partial charge in [0.15, 0.2) is 0 Å². The van der Waals surface area contributed by atoms with Crippen LogP contribution in [0, 0.1) is 5.41 Å². The molecule has 2 aliphatic rings. The van der Waals surface area contributed by atoms with E-state index in [9.17, 15) is 4.79 Å². The van der Waals surface area contributed by atoms with E-state index in [0.29, 0.717) is 5.84 Å². The maximum Gasteiger partial charge on any atom is 0.245 e. The molecule has 0 aromatic heterocycles. The number of amidine groups is 1. The first-order valence-electron chi connectivity index (χ1n) is 6.33. The maximum absolute atomic E-state index is 12.2. The number of likely N-dealkylation sites (tertiary alicyclic amines) is 2.